The number of rotatable bonds is 3. The fraction of sp³-hybridized carbons (Fsp3) is 0.333. The van der Waals surface area contributed by atoms with Gasteiger partial charge >= 0.3 is 0 Å². The molecule has 1 aromatic carbocycles. The molecule has 0 amide bonds. The zero-order valence-electron chi connectivity index (χ0n) is 11.1. The summed E-state index contributed by atoms with van der Waals surface area (Å²) in [4.78, 5) is 11.0. The van der Waals surface area contributed by atoms with Crippen LogP contribution in [0, 0.1) is 0 Å². The van der Waals surface area contributed by atoms with E-state index in [1.807, 2.05) is 6.07 Å². The number of aryl methyl sites for hydroxylation is 1. The zero-order valence-corrected chi connectivity index (χ0v) is 11.1. The average Bonchev–Trinajstić information content (AvgIpc) is 2.82. The summed E-state index contributed by atoms with van der Waals surface area (Å²) in [5, 5.41) is 0. The van der Waals surface area contributed by atoms with Crippen LogP contribution in [0.1, 0.15) is 30.2 Å². The highest BCUT2D eigenvalue weighted by Crippen LogP contribution is 2.28. The molecule has 0 atom stereocenters. The number of benzene rings is 1. The van der Waals surface area contributed by atoms with E-state index in [0.29, 0.717) is 0 Å². The fourth-order valence-corrected chi connectivity index (χ4v) is 2.53. The topological polar surface area (TPSA) is 55.0 Å². The lowest BCUT2D eigenvalue weighted by molar-refractivity contribution is 0.826. The van der Waals surface area contributed by atoms with Crippen molar-refractivity contribution in [3.05, 3.63) is 47.4 Å². The highest BCUT2D eigenvalue weighted by atomic mass is 15.2. The normalized spacial score (nSPS) is 13.6. The Balaban J connectivity index is 1.84. The molecule has 0 saturated heterocycles. The quantitative estimate of drug-likeness (QED) is 0.855. The maximum atomic E-state index is 5.83. The van der Waals surface area contributed by atoms with Gasteiger partial charge in [-0.3, -0.25) is 0 Å². The Morgan fingerprint density at radius 2 is 2.00 bits per heavy atom. The fourth-order valence-electron chi connectivity index (χ4n) is 2.53. The molecule has 2 N–H and O–H groups in total. The lowest BCUT2D eigenvalue weighted by atomic mass is 10.1. The second-order valence-corrected chi connectivity index (χ2v) is 5.00. The van der Waals surface area contributed by atoms with Crippen LogP contribution in [0.25, 0.3) is 0 Å². The van der Waals surface area contributed by atoms with Crippen molar-refractivity contribution in [1.82, 2.24) is 9.97 Å². The van der Waals surface area contributed by atoms with Crippen LogP contribution in [0.4, 0.5) is 11.5 Å². The van der Waals surface area contributed by atoms with Crippen molar-refractivity contribution in [2.45, 2.75) is 32.9 Å². The van der Waals surface area contributed by atoms with Gasteiger partial charge in [-0.25, -0.2) is 9.97 Å². The highest BCUT2D eigenvalue weighted by molar-refractivity contribution is 5.52. The van der Waals surface area contributed by atoms with Crippen molar-refractivity contribution in [2.75, 3.05) is 10.6 Å². The van der Waals surface area contributed by atoms with Gasteiger partial charge in [0.05, 0.1) is 0 Å². The van der Waals surface area contributed by atoms with Crippen LogP contribution in [-0.4, -0.2) is 9.97 Å². The van der Waals surface area contributed by atoms with Crippen molar-refractivity contribution in [2.24, 2.45) is 0 Å². The first-order valence-electron chi connectivity index (χ1n) is 6.69. The molecule has 3 rings (SSSR count). The summed E-state index contributed by atoms with van der Waals surface area (Å²) in [7, 11) is 0. The Kier molecular flexibility index (Phi) is 3.07. The van der Waals surface area contributed by atoms with Gasteiger partial charge in [0.1, 0.15) is 12.1 Å². The van der Waals surface area contributed by atoms with E-state index in [1.54, 1.807) is 6.33 Å². The minimum Gasteiger partial charge on any atom is -0.399 e. The molecule has 2 heterocycles. The van der Waals surface area contributed by atoms with E-state index in [-0.39, 0.29) is 0 Å². The molecule has 4 nitrogen and oxygen atoms in total. The molecule has 0 saturated carbocycles. The van der Waals surface area contributed by atoms with Gasteiger partial charge in [0, 0.05) is 30.5 Å². The monoisotopic (exact) mass is 254 g/mol. The van der Waals surface area contributed by atoms with Crippen molar-refractivity contribution < 1.29 is 0 Å². The van der Waals surface area contributed by atoms with Gasteiger partial charge < -0.3 is 10.6 Å². The van der Waals surface area contributed by atoms with Crippen molar-refractivity contribution in [3.63, 3.8) is 0 Å². The van der Waals surface area contributed by atoms with E-state index in [1.165, 1.54) is 11.1 Å². The Morgan fingerprint density at radius 3 is 2.84 bits per heavy atom. The van der Waals surface area contributed by atoms with Crippen LogP contribution in [0.3, 0.4) is 0 Å². The summed E-state index contributed by atoms with van der Waals surface area (Å²) in [6.07, 6.45) is 3.77. The number of fused-ring (bicyclic) bond motifs is 1. The number of nitrogens with zero attached hydrogens (tertiary/aromatic N) is 3. The average molecular weight is 254 g/mol. The molecule has 98 valence electrons. The van der Waals surface area contributed by atoms with Crippen LogP contribution in [0.15, 0.2) is 30.6 Å². The van der Waals surface area contributed by atoms with Gasteiger partial charge in [0.25, 0.3) is 0 Å². The molecule has 0 spiro atoms. The van der Waals surface area contributed by atoms with Crippen LogP contribution < -0.4 is 10.6 Å². The van der Waals surface area contributed by atoms with Crippen LogP contribution in [0.2, 0.25) is 0 Å². The molecule has 2 aromatic rings. The summed E-state index contributed by atoms with van der Waals surface area (Å²) in [5.41, 5.74) is 10.4. The number of hydrogen-bond acceptors (Lipinski definition) is 4. The summed E-state index contributed by atoms with van der Waals surface area (Å²) in [6, 6.07) is 8.23. The maximum absolute atomic E-state index is 5.83. The summed E-state index contributed by atoms with van der Waals surface area (Å²) < 4.78 is 0. The molecule has 1 aliphatic rings. The molecule has 4 heteroatoms. The minimum absolute atomic E-state index is 0.829. The highest BCUT2D eigenvalue weighted by Gasteiger charge is 2.20. The third-order valence-electron chi connectivity index (χ3n) is 3.49. The Labute approximate surface area is 113 Å². The van der Waals surface area contributed by atoms with E-state index in [0.717, 1.165) is 43.1 Å². The summed E-state index contributed by atoms with van der Waals surface area (Å²) in [5.74, 6) is 1.01. The third-order valence-corrected chi connectivity index (χ3v) is 3.49. The number of nitrogen functional groups attached to an aromatic ring is 1. The molecular weight excluding hydrogens is 236 g/mol. The van der Waals surface area contributed by atoms with E-state index < -0.39 is 0 Å². The van der Waals surface area contributed by atoms with Gasteiger partial charge in [-0.2, -0.15) is 0 Å². The first kappa shape index (κ1) is 12.0. The predicted molar refractivity (Wildman–Crippen MR) is 76.8 cm³/mol. The number of hydrogen-bond donors (Lipinski definition) is 1. The molecule has 19 heavy (non-hydrogen) atoms. The van der Waals surface area contributed by atoms with Gasteiger partial charge in [-0.1, -0.05) is 19.4 Å². The second kappa shape index (κ2) is 4.88. The molecule has 1 aliphatic heterocycles. The van der Waals surface area contributed by atoms with E-state index in [9.17, 15) is 0 Å². The Hall–Kier alpha value is -2.10. The zero-order chi connectivity index (χ0) is 13.2. The number of nitrogens with two attached hydrogens (primary N) is 1. The lowest BCUT2D eigenvalue weighted by Crippen LogP contribution is -2.16. The van der Waals surface area contributed by atoms with Gasteiger partial charge in [0.2, 0.25) is 0 Å². The molecular formula is C15H18N4. The number of anilines is 2. The van der Waals surface area contributed by atoms with Crippen LogP contribution in [0.5, 0.6) is 0 Å². The van der Waals surface area contributed by atoms with E-state index in [2.05, 4.69) is 40.0 Å². The minimum atomic E-state index is 0.829. The van der Waals surface area contributed by atoms with E-state index in [4.69, 9.17) is 5.73 Å². The Morgan fingerprint density at radius 1 is 1.16 bits per heavy atom. The SMILES string of the molecule is CCCc1cc(N2Cc3ccc(N)cc3C2)ncn1. The summed E-state index contributed by atoms with van der Waals surface area (Å²) >= 11 is 0. The predicted octanol–water partition coefficient (Wildman–Crippen LogP) is 2.53. The first-order valence-corrected chi connectivity index (χ1v) is 6.69. The van der Waals surface area contributed by atoms with Crippen LogP contribution in [-0.2, 0) is 19.5 Å². The summed E-state index contributed by atoms with van der Waals surface area (Å²) in [6.45, 7) is 3.94. The standard InChI is InChI=1S/C15H18N4/c1-2-3-14-7-15(18-10-17-14)19-8-11-4-5-13(16)6-12(11)9-19/h4-7,10H,2-3,8-9,16H2,1H3. The molecule has 1 aromatic heterocycles. The molecule has 0 unspecified atom stereocenters. The molecule has 0 aliphatic carbocycles. The van der Waals surface area contributed by atoms with Crippen LogP contribution >= 0.6 is 0 Å². The molecule has 0 radical (unpaired) electrons. The van der Waals surface area contributed by atoms with Crippen molar-refractivity contribution >= 4 is 11.5 Å². The molecule has 0 bridgehead atoms. The maximum Gasteiger partial charge on any atom is 0.132 e. The number of aromatic nitrogens is 2. The Bertz CT molecular complexity index is 594. The lowest BCUT2D eigenvalue weighted by Gasteiger charge is -2.16. The van der Waals surface area contributed by atoms with Crippen molar-refractivity contribution in [3.8, 4) is 0 Å². The third kappa shape index (κ3) is 2.38. The second-order valence-electron chi connectivity index (χ2n) is 5.00. The van der Waals surface area contributed by atoms with Gasteiger partial charge in [-0.15, -0.1) is 0 Å². The van der Waals surface area contributed by atoms with Gasteiger partial charge in [0.15, 0.2) is 0 Å². The van der Waals surface area contributed by atoms with Crippen molar-refractivity contribution in [1.29, 1.82) is 0 Å². The van der Waals surface area contributed by atoms with E-state index >= 15 is 0 Å². The largest absolute Gasteiger partial charge is 0.399 e. The smallest absolute Gasteiger partial charge is 0.132 e. The van der Waals surface area contributed by atoms with Gasteiger partial charge in [-0.05, 0) is 29.7 Å². The first-order chi connectivity index (χ1) is 9.26. The molecule has 0 fully saturated rings.